The highest BCUT2D eigenvalue weighted by Gasteiger charge is 2.66. The van der Waals surface area contributed by atoms with Crippen LogP contribution in [0.4, 0.5) is 0 Å². The zero-order valence-corrected chi connectivity index (χ0v) is 18.3. The number of carbonyl (C=O) groups excluding carboxylic acids is 1. The van der Waals surface area contributed by atoms with Gasteiger partial charge in [-0.1, -0.05) is 13.0 Å². The fourth-order valence-corrected chi connectivity index (χ4v) is 7.46. The van der Waals surface area contributed by atoms with Crippen LogP contribution in [0.25, 0.3) is 0 Å². The van der Waals surface area contributed by atoms with E-state index in [1.807, 2.05) is 6.07 Å². The van der Waals surface area contributed by atoms with Crippen LogP contribution in [-0.4, -0.2) is 56.7 Å². The zero-order valence-electron chi connectivity index (χ0n) is 18.3. The Balaban J connectivity index is 1.82. The Bertz CT molecular complexity index is 869. The maximum atomic E-state index is 12.9. The van der Waals surface area contributed by atoms with Crippen LogP contribution in [0.1, 0.15) is 50.7 Å². The summed E-state index contributed by atoms with van der Waals surface area (Å²) in [4.78, 5) is 15.5. The van der Waals surface area contributed by atoms with Gasteiger partial charge in [-0.3, -0.25) is 4.79 Å². The monoisotopic (exact) mass is 399 g/mol. The highest BCUT2D eigenvalue weighted by Crippen LogP contribution is 2.67. The van der Waals surface area contributed by atoms with Crippen molar-refractivity contribution in [2.24, 2.45) is 11.3 Å². The van der Waals surface area contributed by atoms with E-state index in [-0.39, 0.29) is 22.5 Å². The number of hydrogen-bond donors (Lipinski definition) is 0. The standard InChI is InChI=1S/C24H33NO4/c1-15(26)17-13-23-8-9-24(17,28-5)14-29-21-18(27-4)7-6-16-12-19(23)25(3)11-10-22(23,2)20(16)21/h6-7,17,19H,8-14H2,1-5H3/t17-,19-,22+,23?,24?/m1/s1. The predicted molar refractivity (Wildman–Crippen MR) is 111 cm³/mol. The van der Waals surface area contributed by atoms with Crippen LogP contribution < -0.4 is 9.47 Å². The van der Waals surface area contributed by atoms with Crippen molar-refractivity contribution in [2.75, 3.05) is 34.4 Å². The van der Waals surface area contributed by atoms with Gasteiger partial charge in [0.25, 0.3) is 0 Å². The Labute approximate surface area is 173 Å². The minimum Gasteiger partial charge on any atom is -0.493 e. The van der Waals surface area contributed by atoms with E-state index in [1.165, 1.54) is 11.1 Å². The average Bonchev–Trinajstić information content (AvgIpc) is 2.77. The van der Waals surface area contributed by atoms with Gasteiger partial charge in [-0.2, -0.15) is 0 Å². The van der Waals surface area contributed by atoms with Crippen molar-refractivity contribution in [1.29, 1.82) is 0 Å². The molecule has 1 saturated heterocycles. The van der Waals surface area contributed by atoms with Gasteiger partial charge in [0.2, 0.25) is 0 Å². The Morgan fingerprint density at radius 2 is 2.03 bits per heavy atom. The van der Waals surface area contributed by atoms with E-state index < -0.39 is 5.60 Å². The lowest BCUT2D eigenvalue weighted by atomic mass is 9.43. The highest BCUT2D eigenvalue weighted by atomic mass is 16.5. The van der Waals surface area contributed by atoms with Gasteiger partial charge in [-0.25, -0.2) is 0 Å². The normalized spacial score (nSPS) is 40.4. The molecule has 5 atom stereocenters. The highest BCUT2D eigenvalue weighted by molar-refractivity contribution is 5.80. The molecular formula is C24H33NO4. The number of rotatable bonds is 3. The van der Waals surface area contributed by atoms with Crippen molar-refractivity contribution < 1.29 is 19.0 Å². The average molecular weight is 400 g/mol. The molecule has 0 radical (unpaired) electrons. The molecule has 2 fully saturated rings. The summed E-state index contributed by atoms with van der Waals surface area (Å²) in [5.41, 5.74) is 2.14. The number of ether oxygens (including phenoxy) is 3. The van der Waals surface area contributed by atoms with Gasteiger partial charge in [0.1, 0.15) is 18.0 Å². The number of Topliss-reactive ketones (excluding diaryl/α,β-unsaturated/α-hetero) is 1. The lowest BCUT2D eigenvalue weighted by Crippen LogP contribution is -2.68. The first-order valence-corrected chi connectivity index (χ1v) is 10.9. The zero-order chi connectivity index (χ0) is 20.6. The second-order valence-corrected chi connectivity index (χ2v) is 9.99. The second kappa shape index (κ2) is 6.21. The van der Waals surface area contributed by atoms with Crippen LogP contribution in [0.3, 0.4) is 0 Å². The molecule has 5 bridgehead atoms. The first kappa shape index (κ1) is 19.4. The third-order valence-corrected chi connectivity index (χ3v) is 9.18. The largest absolute Gasteiger partial charge is 0.493 e. The summed E-state index contributed by atoms with van der Waals surface area (Å²) in [5, 5.41) is 0. The van der Waals surface area contributed by atoms with Crippen molar-refractivity contribution in [3.8, 4) is 11.5 Å². The fourth-order valence-electron chi connectivity index (χ4n) is 7.46. The third-order valence-electron chi connectivity index (χ3n) is 9.18. The second-order valence-electron chi connectivity index (χ2n) is 9.99. The number of likely N-dealkylation sites (N-methyl/N-ethyl adjacent to an activating group) is 1. The number of nitrogens with zero attached hydrogens (tertiary/aromatic N) is 1. The first-order valence-electron chi connectivity index (χ1n) is 10.9. The maximum Gasteiger partial charge on any atom is 0.165 e. The minimum absolute atomic E-state index is 0.0418. The summed E-state index contributed by atoms with van der Waals surface area (Å²) < 4.78 is 18.4. The molecule has 5 aliphatic rings. The molecule has 1 saturated carbocycles. The molecule has 1 spiro atoms. The molecule has 0 aromatic heterocycles. The van der Waals surface area contributed by atoms with Crippen LogP contribution in [0, 0.1) is 11.3 Å². The molecule has 158 valence electrons. The topological polar surface area (TPSA) is 48.0 Å². The molecule has 29 heavy (non-hydrogen) atoms. The van der Waals surface area contributed by atoms with E-state index in [2.05, 4.69) is 24.9 Å². The molecule has 3 aliphatic heterocycles. The molecule has 0 N–H and O–H groups in total. The van der Waals surface area contributed by atoms with E-state index in [4.69, 9.17) is 14.2 Å². The molecule has 2 aliphatic carbocycles. The summed E-state index contributed by atoms with van der Waals surface area (Å²) in [6, 6.07) is 4.72. The molecule has 3 heterocycles. The quantitative estimate of drug-likeness (QED) is 0.780. The van der Waals surface area contributed by atoms with Crippen molar-refractivity contribution in [1.82, 2.24) is 4.90 Å². The Morgan fingerprint density at radius 3 is 2.72 bits per heavy atom. The summed E-state index contributed by atoms with van der Waals surface area (Å²) in [6.07, 6.45) is 4.88. The van der Waals surface area contributed by atoms with Gasteiger partial charge in [0.15, 0.2) is 11.5 Å². The number of methoxy groups -OCH3 is 2. The van der Waals surface area contributed by atoms with E-state index in [9.17, 15) is 4.79 Å². The molecule has 0 amide bonds. The fraction of sp³-hybridized carbons (Fsp3) is 0.708. The number of carbonyl (C=O) groups is 1. The molecule has 1 aromatic rings. The molecule has 2 unspecified atom stereocenters. The molecular weight excluding hydrogens is 366 g/mol. The number of hydrogen-bond acceptors (Lipinski definition) is 5. The van der Waals surface area contributed by atoms with Gasteiger partial charge < -0.3 is 19.1 Å². The van der Waals surface area contributed by atoms with Crippen molar-refractivity contribution in [3.63, 3.8) is 0 Å². The van der Waals surface area contributed by atoms with Gasteiger partial charge in [0.05, 0.1) is 13.0 Å². The van der Waals surface area contributed by atoms with Crippen molar-refractivity contribution in [3.05, 3.63) is 23.3 Å². The van der Waals surface area contributed by atoms with Gasteiger partial charge in [-0.15, -0.1) is 0 Å². The molecule has 6 rings (SSSR count). The van der Waals surface area contributed by atoms with Crippen LogP contribution in [0.2, 0.25) is 0 Å². The lowest BCUT2D eigenvalue weighted by Gasteiger charge is -2.66. The number of fused-ring (bicyclic) bond motifs is 3. The molecule has 1 aromatic carbocycles. The summed E-state index contributed by atoms with van der Waals surface area (Å²) >= 11 is 0. The van der Waals surface area contributed by atoms with Gasteiger partial charge in [0, 0.05) is 24.1 Å². The van der Waals surface area contributed by atoms with E-state index in [0.717, 1.165) is 50.1 Å². The van der Waals surface area contributed by atoms with Gasteiger partial charge >= 0.3 is 0 Å². The van der Waals surface area contributed by atoms with Crippen molar-refractivity contribution >= 4 is 5.78 Å². The van der Waals surface area contributed by atoms with Gasteiger partial charge in [-0.05, 0) is 69.7 Å². The number of benzene rings is 1. The minimum atomic E-state index is -0.564. The Kier molecular flexibility index (Phi) is 4.15. The van der Waals surface area contributed by atoms with E-state index in [0.29, 0.717) is 12.6 Å². The summed E-state index contributed by atoms with van der Waals surface area (Å²) in [6.45, 7) is 5.63. The molecule has 5 heteroatoms. The van der Waals surface area contributed by atoms with Crippen LogP contribution in [0.5, 0.6) is 11.5 Å². The summed E-state index contributed by atoms with van der Waals surface area (Å²) in [7, 11) is 5.72. The SMILES string of the molecule is COc1ccc2c3c1OCC1(OC)CCC4(C[C@@H]1C(C)=O)[C@@H](C2)N(C)CC[C@@]34C. The first-order chi connectivity index (χ1) is 13.8. The van der Waals surface area contributed by atoms with Crippen LogP contribution in [0.15, 0.2) is 12.1 Å². The predicted octanol–water partition coefficient (Wildman–Crippen LogP) is 3.37. The smallest absolute Gasteiger partial charge is 0.165 e. The Hall–Kier alpha value is -1.59. The van der Waals surface area contributed by atoms with E-state index in [1.54, 1.807) is 21.1 Å². The number of likely N-dealkylation sites (tertiary alicyclic amines) is 1. The van der Waals surface area contributed by atoms with E-state index >= 15 is 0 Å². The number of piperidine rings is 1. The maximum absolute atomic E-state index is 12.9. The molecule has 5 nitrogen and oxygen atoms in total. The lowest BCUT2D eigenvalue weighted by molar-refractivity contribution is -0.175. The third kappa shape index (κ3) is 2.26. The van der Waals surface area contributed by atoms with Crippen molar-refractivity contribution in [2.45, 2.75) is 63.0 Å². The Morgan fingerprint density at radius 1 is 1.24 bits per heavy atom. The van der Waals surface area contributed by atoms with Crippen LogP contribution >= 0.6 is 0 Å². The van der Waals surface area contributed by atoms with Crippen LogP contribution in [-0.2, 0) is 21.4 Å². The summed E-state index contributed by atoms with van der Waals surface area (Å²) in [5.74, 6) is 1.76. The number of ketones is 1.